The zero-order valence-electron chi connectivity index (χ0n) is 15.4. The Hall–Kier alpha value is -1.31. The predicted molar refractivity (Wildman–Crippen MR) is 105 cm³/mol. The molecule has 0 bridgehead atoms. The molecule has 144 valence electrons. The van der Waals surface area contributed by atoms with Crippen LogP contribution in [-0.2, 0) is 10.0 Å². The number of nitrogens with zero attached hydrogens (tertiary/aromatic N) is 1. The molecule has 6 nitrogen and oxygen atoms in total. The molecule has 3 rings (SSSR count). The van der Waals surface area contributed by atoms with Crippen molar-refractivity contribution in [1.29, 1.82) is 0 Å². The molecule has 1 aliphatic carbocycles. The molecule has 1 fully saturated rings. The van der Waals surface area contributed by atoms with Gasteiger partial charge in [0.25, 0.3) is 6.01 Å². The number of sulfonamides is 1. The summed E-state index contributed by atoms with van der Waals surface area (Å²) in [4.78, 5) is 4.43. The highest BCUT2D eigenvalue weighted by Gasteiger charge is 2.30. The Morgan fingerprint density at radius 3 is 2.58 bits per heavy atom. The van der Waals surface area contributed by atoms with Gasteiger partial charge < -0.3 is 9.73 Å². The van der Waals surface area contributed by atoms with Gasteiger partial charge in [0.05, 0.1) is 4.75 Å². The van der Waals surface area contributed by atoms with Crippen LogP contribution >= 0.6 is 11.6 Å². The Morgan fingerprint density at radius 1 is 1.23 bits per heavy atom. The van der Waals surface area contributed by atoms with Gasteiger partial charge in [0, 0.05) is 23.7 Å². The number of fused-ring (bicyclic) bond motifs is 1. The van der Waals surface area contributed by atoms with Crippen LogP contribution in [0.1, 0.15) is 46.5 Å². The zero-order valence-corrected chi connectivity index (χ0v) is 17.0. The number of nitrogens with one attached hydrogen (secondary N) is 2. The molecule has 0 atom stereocenters. The topological polar surface area (TPSA) is 84.2 Å². The molecule has 2 N–H and O–H groups in total. The highest BCUT2D eigenvalue weighted by atomic mass is 35.5. The lowest BCUT2D eigenvalue weighted by Crippen LogP contribution is -2.42. The van der Waals surface area contributed by atoms with E-state index in [1.807, 2.05) is 6.07 Å². The molecule has 0 amide bonds. The lowest BCUT2D eigenvalue weighted by atomic mass is 9.86. The van der Waals surface area contributed by atoms with Gasteiger partial charge in [-0.05, 0) is 64.5 Å². The highest BCUT2D eigenvalue weighted by molar-refractivity contribution is 7.90. The Kier molecular flexibility index (Phi) is 5.51. The van der Waals surface area contributed by atoms with Crippen molar-refractivity contribution < 1.29 is 12.8 Å². The van der Waals surface area contributed by atoms with Crippen molar-refractivity contribution in [3.63, 3.8) is 0 Å². The normalized spacial score (nSPS) is 21.8. The standard InChI is InChI=1S/C18H26ClN3O3S/c1-18(2,3)26(23,24)20-11-12-4-7-14(8-5-12)21-17-22-15-9-6-13(19)10-16(15)25-17/h6,9-10,12,14,20H,4-5,7-8,11H2,1-3H3,(H,21,22). The quantitative estimate of drug-likeness (QED) is 0.788. The van der Waals surface area contributed by atoms with Crippen LogP contribution in [0.25, 0.3) is 11.1 Å². The predicted octanol–water partition coefficient (Wildman–Crippen LogP) is 4.17. The van der Waals surface area contributed by atoms with Gasteiger partial charge in [-0.25, -0.2) is 13.1 Å². The van der Waals surface area contributed by atoms with Crippen molar-refractivity contribution in [3.05, 3.63) is 23.2 Å². The average Bonchev–Trinajstić information content (AvgIpc) is 2.94. The molecule has 0 aliphatic heterocycles. The summed E-state index contributed by atoms with van der Waals surface area (Å²) in [5.41, 5.74) is 1.45. The van der Waals surface area contributed by atoms with E-state index < -0.39 is 14.8 Å². The first-order chi connectivity index (χ1) is 12.1. The molecular weight excluding hydrogens is 374 g/mol. The van der Waals surface area contributed by atoms with Gasteiger partial charge in [-0.1, -0.05) is 11.6 Å². The second-order valence-corrected chi connectivity index (χ2v) is 10.9. The van der Waals surface area contributed by atoms with Crippen LogP contribution in [0.15, 0.2) is 22.6 Å². The van der Waals surface area contributed by atoms with E-state index in [0.717, 1.165) is 31.2 Å². The maximum Gasteiger partial charge on any atom is 0.295 e. The Labute approximate surface area is 159 Å². The van der Waals surface area contributed by atoms with Crippen LogP contribution in [0.2, 0.25) is 5.02 Å². The molecule has 8 heteroatoms. The van der Waals surface area contributed by atoms with Crippen molar-refractivity contribution in [2.45, 2.75) is 57.2 Å². The fraction of sp³-hybridized carbons (Fsp3) is 0.611. The van der Waals surface area contributed by atoms with E-state index in [1.54, 1.807) is 32.9 Å². The minimum Gasteiger partial charge on any atom is -0.423 e. The Morgan fingerprint density at radius 2 is 1.92 bits per heavy atom. The molecule has 0 unspecified atom stereocenters. The second-order valence-electron chi connectivity index (χ2n) is 7.96. The zero-order chi connectivity index (χ0) is 18.9. The summed E-state index contributed by atoms with van der Waals surface area (Å²) in [7, 11) is -3.28. The fourth-order valence-electron chi connectivity index (χ4n) is 3.09. The van der Waals surface area contributed by atoms with Crippen LogP contribution < -0.4 is 10.0 Å². The van der Waals surface area contributed by atoms with Crippen molar-refractivity contribution in [2.24, 2.45) is 5.92 Å². The Bertz CT molecular complexity index is 865. The van der Waals surface area contributed by atoms with Gasteiger partial charge in [-0.3, -0.25) is 0 Å². The van der Waals surface area contributed by atoms with E-state index in [2.05, 4.69) is 15.0 Å². The van der Waals surface area contributed by atoms with Crippen molar-refractivity contribution in [2.75, 3.05) is 11.9 Å². The highest BCUT2D eigenvalue weighted by Crippen LogP contribution is 2.28. The fourth-order valence-corrected chi connectivity index (χ4v) is 4.14. The van der Waals surface area contributed by atoms with Gasteiger partial charge in [0.1, 0.15) is 5.52 Å². The maximum atomic E-state index is 12.2. The van der Waals surface area contributed by atoms with Crippen molar-refractivity contribution in [3.8, 4) is 0 Å². The largest absolute Gasteiger partial charge is 0.423 e. The van der Waals surface area contributed by atoms with Crippen LogP contribution in [-0.4, -0.2) is 30.7 Å². The number of hydrogen-bond acceptors (Lipinski definition) is 5. The van der Waals surface area contributed by atoms with Crippen LogP contribution in [0.5, 0.6) is 0 Å². The molecule has 0 spiro atoms. The second kappa shape index (κ2) is 7.37. The van der Waals surface area contributed by atoms with Gasteiger partial charge in [0.2, 0.25) is 10.0 Å². The van der Waals surface area contributed by atoms with Gasteiger partial charge in [-0.2, -0.15) is 4.98 Å². The third-order valence-electron chi connectivity index (χ3n) is 4.89. The number of halogens is 1. The van der Waals surface area contributed by atoms with Gasteiger partial charge >= 0.3 is 0 Å². The number of oxazole rings is 1. The Balaban J connectivity index is 1.50. The minimum atomic E-state index is -3.28. The van der Waals surface area contributed by atoms with E-state index in [1.165, 1.54) is 0 Å². The first kappa shape index (κ1) is 19.5. The molecule has 26 heavy (non-hydrogen) atoms. The van der Waals surface area contributed by atoms with E-state index in [-0.39, 0.29) is 6.04 Å². The number of aromatic nitrogens is 1. The van der Waals surface area contributed by atoms with Crippen LogP contribution in [0, 0.1) is 5.92 Å². The molecule has 0 saturated heterocycles. The van der Waals surface area contributed by atoms with E-state index in [4.69, 9.17) is 16.0 Å². The van der Waals surface area contributed by atoms with Crippen molar-refractivity contribution in [1.82, 2.24) is 9.71 Å². The van der Waals surface area contributed by atoms with Crippen LogP contribution in [0.3, 0.4) is 0 Å². The first-order valence-corrected chi connectivity index (χ1v) is 10.8. The van der Waals surface area contributed by atoms with Gasteiger partial charge in [0.15, 0.2) is 5.58 Å². The summed E-state index contributed by atoms with van der Waals surface area (Å²) < 4.78 is 32.0. The molecule has 1 aromatic carbocycles. The van der Waals surface area contributed by atoms with E-state index in [0.29, 0.717) is 29.1 Å². The summed E-state index contributed by atoms with van der Waals surface area (Å²) >= 11 is 5.97. The number of rotatable bonds is 5. The molecule has 1 aliphatic rings. The third-order valence-corrected chi connectivity index (χ3v) is 7.29. The lowest BCUT2D eigenvalue weighted by Gasteiger charge is -2.29. The van der Waals surface area contributed by atoms with E-state index >= 15 is 0 Å². The minimum absolute atomic E-state index is 0.286. The lowest BCUT2D eigenvalue weighted by molar-refractivity contribution is 0.333. The first-order valence-electron chi connectivity index (χ1n) is 8.96. The molecule has 1 aromatic heterocycles. The van der Waals surface area contributed by atoms with Crippen LogP contribution in [0.4, 0.5) is 6.01 Å². The van der Waals surface area contributed by atoms with Crippen molar-refractivity contribution >= 4 is 38.7 Å². The molecule has 0 radical (unpaired) electrons. The maximum absolute atomic E-state index is 12.2. The summed E-state index contributed by atoms with van der Waals surface area (Å²) in [5, 5.41) is 3.97. The summed E-state index contributed by atoms with van der Waals surface area (Å²) in [5.74, 6) is 0.368. The number of benzene rings is 1. The molecule has 1 saturated carbocycles. The molecule has 2 aromatic rings. The number of anilines is 1. The third kappa shape index (κ3) is 4.50. The number of hydrogen-bond donors (Lipinski definition) is 2. The molecule has 1 heterocycles. The molecular formula is C18H26ClN3O3S. The smallest absolute Gasteiger partial charge is 0.295 e. The monoisotopic (exact) mass is 399 g/mol. The SMILES string of the molecule is CC(C)(C)S(=O)(=O)NCC1CCC(Nc2nc3ccc(Cl)cc3o2)CC1. The summed E-state index contributed by atoms with van der Waals surface area (Å²) in [6.07, 6.45) is 3.86. The summed E-state index contributed by atoms with van der Waals surface area (Å²) in [6, 6.07) is 6.19. The van der Waals surface area contributed by atoms with Gasteiger partial charge in [-0.15, -0.1) is 0 Å². The average molecular weight is 400 g/mol. The summed E-state index contributed by atoms with van der Waals surface area (Å²) in [6.45, 7) is 5.64. The van der Waals surface area contributed by atoms with E-state index in [9.17, 15) is 8.42 Å².